The van der Waals surface area contributed by atoms with Crippen molar-refractivity contribution >= 4 is 38.9 Å². The van der Waals surface area contributed by atoms with Crippen LogP contribution in [-0.2, 0) is 10.0 Å². The molecule has 0 fully saturated rings. The van der Waals surface area contributed by atoms with Crippen LogP contribution in [0.4, 0.5) is 11.4 Å². The highest BCUT2D eigenvalue weighted by molar-refractivity contribution is 7.92. The number of nitrogens with zero attached hydrogens (tertiary/aromatic N) is 1. The highest BCUT2D eigenvalue weighted by Crippen LogP contribution is 2.28. The number of amides is 1. The van der Waals surface area contributed by atoms with Gasteiger partial charge in [0.2, 0.25) is 0 Å². The minimum Gasteiger partial charge on any atom is -0.322 e. The summed E-state index contributed by atoms with van der Waals surface area (Å²) in [5.74, 6) is -0.406. The molecular formula is C23H23ClN2O3S. The summed E-state index contributed by atoms with van der Waals surface area (Å²) in [7, 11) is -2.33. The van der Waals surface area contributed by atoms with Gasteiger partial charge in [-0.1, -0.05) is 41.4 Å². The summed E-state index contributed by atoms with van der Waals surface area (Å²) in [6.45, 7) is 5.77. The fraction of sp³-hybridized carbons (Fsp3) is 0.174. The lowest BCUT2D eigenvalue weighted by Gasteiger charge is -2.21. The normalized spacial score (nSPS) is 11.2. The van der Waals surface area contributed by atoms with E-state index in [-0.39, 0.29) is 15.5 Å². The Hall–Kier alpha value is -2.83. The number of halogens is 1. The van der Waals surface area contributed by atoms with Crippen molar-refractivity contribution in [2.45, 2.75) is 25.7 Å². The van der Waals surface area contributed by atoms with Gasteiger partial charge in [0.25, 0.3) is 15.9 Å². The van der Waals surface area contributed by atoms with E-state index in [0.717, 1.165) is 21.0 Å². The number of hydrogen-bond donors (Lipinski definition) is 1. The Morgan fingerprint density at radius 3 is 2.30 bits per heavy atom. The third-order valence-electron chi connectivity index (χ3n) is 5.09. The number of aryl methyl sites for hydroxylation is 2. The number of carbonyl (C=O) groups is 1. The van der Waals surface area contributed by atoms with Gasteiger partial charge in [0, 0.05) is 12.7 Å². The van der Waals surface area contributed by atoms with Gasteiger partial charge in [0.15, 0.2) is 0 Å². The van der Waals surface area contributed by atoms with Gasteiger partial charge in [0.1, 0.15) is 0 Å². The third-order valence-corrected chi connectivity index (χ3v) is 7.22. The molecule has 0 bridgehead atoms. The summed E-state index contributed by atoms with van der Waals surface area (Å²) in [6.07, 6.45) is 0. The molecule has 0 spiro atoms. The van der Waals surface area contributed by atoms with Crippen molar-refractivity contribution in [3.05, 3.63) is 87.9 Å². The molecule has 0 aliphatic heterocycles. The Balaban J connectivity index is 1.93. The van der Waals surface area contributed by atoms with Gasteiger partial charge in [-0.15, -0.1) is 0 Å². The molecule has 3 aromatic rings. The second kappa shape index (κ2) is 8.50. The molecule has 0 aliphatic rings. The van der Waals surface area contributed by atoms with E-state index in [1.807, 2.05) is 39.0 Å². The predicted molar refractivity (Wildman–Crippen MR) is 122 cm³/mol. The zero-order chi connectivity index (χ0) is 22.1. The van der Waals surface area contributed by atoms with Crippen LogP contribution in [0.3, 0.4) is 0 Å². The summed E-state index contributed by atoms with van der Waals surface area (Å²) >= 11 is 6.25. The molecule has 0 atom stereocenters. The molecular weight excluding hydrogens is 420 g/mol. The molecule has 0 saturated heterocycles. The van der Waals surface area contributed by atoms with E-state index >= 15 is 0 Å². The molecule has 0 radical (unpaired) electrons. The molecule has 7 heteroatoms. The number of carbonyl (C=O) groups excluding carboxylic acids is 1. The molecule has 3 aromatic carbocycles. The number of sulfonamides is 1. The van der Waals surface area contributed by atoms with Crippen molar-refractivity contribution < 1.29 is 13.2 Å². The molecule has 3 rings (SSSR count). The number of hydrogen-bond acceptors (Lipinski definition) is 3. The topological polar surface area (TPSA) is 66.5 Å². The van der Waals surface area contributed by atoms with Crippen LogP contribution in [0.25, 0.3) is 0 Å². The van der Waals surface area contributed by atoms with Crippen LogP contribution in [-0.4, -0.2) is 21.4 Å². The molecule has 0 aliphatic carbocycles. The lowest BCUT2D eigenvalue weighted by atomic mass is 10.1. The number of anilines is 2. The van der Waals surface area contributed by atoms with Crippen molar-refractivity contribution in [1.82, 2.24) is 0 Å². The molecule has 1 amide bonds. The monoisotopic (exact) mass is 442 g/mol. The van der Waals surface area contributed by atoms with Crippen LogP contribution >= 0.6 is 11.6 Å². The third kappa shape index (κ3) is 4.35. The summed E-state index contributed by atoms with van der Waals surface area (Å²) in [5, 5.41) is 3.10. The molecule has 30 heavy (non-hydrogen) atoms. The van der Waals surface area contributed by atoms with Crippen LogP contribution in [0.15, 0.2) is 65.6 Å². The van der Waals surface area contributed by atoms with E-state index in [4.69, 9.17) is 11.6 Å². The van der Waals surface area contributed by atoms with Crippen molar-refractivity contribution in [3.63, 3.8) is 0 Å². The Morgan fingerprint density at radius 1 is 0.967 bits per heavy atom. The average molecular weight is 443 g/mol. The number of rotatable bonds is 5. The largest absolute Gasteiger partial charge is 0.322 e. The fourth-order valence-corrected chi connectivity index (χ4v) is 4.36. The van der Waals surface area contributed by atoms with Crippen molar-refractivity contribution in [1.29, 1.82) is 0 Å². The Labute approximate surface area is 182 Å². The average Bonchev–Trinajstić information content (AvgIpc) is 2.71. The van der Waals surface area contributed by atoms with Gasteiger partial charge in [-0.25, -0.2) is 8.42 Å². The van der Waals surface area contributed by atoms with Crippen molar-refractivity contribution in [2.24, 2.45) is 0 Å². The van der Waals surface area contributed by atoms with Gasteiger partial charge < -0.3 is 5.32 Å². The quantitative estimate of drug-likeness (QED) is 0.579. The van der Waals surface area contributed by atoms with Crippen LogP contribution in [0, 0.1) is 20.8 Å². The summed E-state index contributed by atoms with van der Waals surface area (Å²) < 4.78 is 27.1. The minimum absolute atomic E-state index is 0.173. The SMILES string of the molecule is Cc1ccc(S(=O)(=O)N(C)c2ccc(Cl)c(C(=O)Nc3cccc(C)c3C)c2)cc1. The van der Waals surface area contributed by atoms with E-state index in [1.165, 1.54) is 19.2 Å². The van der Waals surface area contributed by atoms with Gasteiger partial charge in [-0.05, 0) is 68.3 Å². The van der Waals surface area contributed by atoms with Crippen LogP contribution in [0.5, 0.6) is 0 Å². The Morgan fingerprint density at radius 2 is 1.63 bits per heavy atom. The van der Waals surface area contributed by atoms with Crippen molar-refractivity contribution in [2.75, 3.05) is 16.7 Å². The molecule has 1 N–H and O–H groups in total. The first-order valence-electron chi connectivity index (χ1n) is 9.34. The van der Waals surface area contributed by atoms with Gasteiger partial charge in [-0.3, -0.25) is 9.10 Å². The van der Waals surface area contributed by atoms with E-state index in [1.54, 1.807) is 30.3 Å². The first kappa shape index (κ1) is 21.9. The highest BCUT2D eigenvalue weighted by Gasteiger charge is 2.23. The van der Waals surface area contributed by atoms with E-state index < -0.39 is 15.9 Å². The zero-order valence-corrected chi connectivity index (χ0v) is 18.8. The molecule has 0 unspecified atom stereocenters. The van der Waals surface area contributed by atoms with E-state index in [9.17, 15) is 13.2 Å². The second-order valence-electron chi connectivity index (χ2n) is 7.15. The molecule has 5 nitrogen and oxygen atoms in total. The van der Waals surface area contributed by atoms with Crippen LogP contribution in [0.1, 0.15) is 27.0 Å². The standard InChI is InChI=1S/C23H23ClN2O3S/c1-15-8-11-19(12-9-15)30(28,29)26(4)18-10-13-21(24)20(14-18)23(27)25-22-7-5-6-16(2)17(22)3/h5-14H,1-4H3,(H,25,27). The molecule has 156 valence electrons. The first-order chi connectivity index (χ1) is 14.1. The molecule has 0 aromatic heterocycles. The number of benzene rings is 3. The lowest BCUT2D eigenvalue weighted by molar-refractivity contribution is 0.102. The fourth-order valence-electron chi connectivity index (χ4n) is 2.97. The summed E-state index contributed by atoms with van der Waals surface area (Å²) in [4.78, 5) is 13.0. The van der Waals surface area contributed by atoms with Gasteiger partial charge in [-0.2, -0.15) is 0 Å². The highest BCUT2D eigenvalue weighted by atomic mass is 35.5. The van der Waals surface area contributed by atoms with Crippen LogP contribution < -0.4 is 9.62 Å². The summed E-state index contributed by atoms with van der Waals surface area (Å²) in [5.41, 5.74) is 4.19. The minimum atomic E-state index is -3.78. The first-order valence-corrected chi connectivity index (χ1v) is 11.2. The van der Waals surface area contributed by atoms with Crippen LogP contribution in [0.2, 0.25) is 5.02 Å². The van der Waals surface area contributed by atoms with Gasteiger partial charge >= 0.3 is 0 Å². The lowest BCUT2D eigenvalue weighted by Crippen LogP contribution is -2.27. The zero-order valence-electron chi connectivity index (χ0n) is 17.2. The Kier molecular flexibility index (Phi) is 6.19. The maximum atomic E-state index is 13.0. The Bertz CT molecular complexity index is 1210. The number of nitrogens with one attached hydrogen (secondary N) is 1. The van der Waals surface area contributed by atoms with Crippen molar-refractivity contribution in [3.8, 4) is 0 Å². The van der Waals surface area contributed by atoms with Gasteiger partial charge in [0.05, 0.1) is 21.2 Å². The second-order valence-corrected chi connectivity index (χ2v) is 9.53. The predicted octanol–water partition coefficient (Wildman–Crippen LogP) is 5.34. The summed E-state index contributed by atoms with van der Waals surface area (Å²) in [6, 6.07) is 16.8. The van der Waals surface area contributed by atoms with E-state index in [2.05, 4.69) is 5.32 Å². The maximum Gasteiger partial charge on any atom is 0.264 e. The molecule has 0 heterocycles. The molecule has 0 saturated carbocycles. The maximum absolute atomic E-state index is 13.0. The smallest absolute Gasteiger partial charge is 0.264 e. The van der Waals surface area contributed by atoms with E-state index in [0.29, 0.717) is 11.4 Å².